The van der Waals surface area contributed by atoms with Gasteiger partial charge in [-0.3, -0.25) is 9.59 Å². The molecule has 110 valence electrons. The Morgan fingerprint density at radius 3 is 2.70 bits per heavy atom. The van der Waals surface area contributed by atoms with Gasteiger partial charge >= 0.3 is 0 Å². The topological polar surface area (TPSA) is 54.4 Å². The van der Waals surface area contributed by atoms with Gasteiger partial charge in [0, 0.05) is 30.6 Å². The maximum atomic E-state index is 12.7. The molecule has 0 aromatic heterocycles. The molecule has 0 aromatic rings. The molecule has 0 spiro atoms. The van der Waals surface area contributed by atoms with Crippen molar-refractivity contribution in [3.05, 3.63) is 11.1 Å². The number of aliphatic hydroxyl groups is 1. The van der Waals surface area contributed by atoms with E-state index in [9.17, 15) is 14.7 Å². The minimum Gasteiger partial charge on any atom is -0.392 e. The van der Waals surface area contributed by atoms with Gasteiger partial charge < -0.3 is 5.11 Å². The average Bonchev–Trinajstić information content (AvgIpc) is 2.78. The molecule has 3 aliphatic carbocycles. The van der Waals surface area contributed by atoms with Crippen molar-refractivity contribution in [2.75, 3.05) is 5.88 Å². The molecule has 0 amide bonds. The van der Waals surface area contributed by atoms with Crippen molar-refractivity contribution in [2.24, 2.45) is 23.2 Å². The predicted octanol–water partition coefficient (Wildman–Crippen LogP) is 2.50. The Hall–Kier alpha value is -0.670. The highest BCUT2D eigenvalue weighted by atomic mass is 35.5. The standard InChI is InChI=1S/C16H21ClO3/c1-8-10(4-6-17)14(19)13-11-7-9(18)3-5-16(11,2)15(20)12(8)13/h11-13,15,20H,3-7H2,1-2H3/t11-,12-,13?,15+,16-/m0/s1. The summed E-state index contributed by atoms with van der Waals surface area (Å²) in [6.45, 7) is 4.01. The fourth-order valence-corrected chi connectivity index (χ4v) is 4.99. The van der Waals surface area contributed by atoms with Gasteiger partial charge in [-0.1, -0.05) is 12.5 Å². The number of hydrogen-bond donors (Lipinski definition) is 1. The summed E-state index contributed by atoms with van der Waals surface area (Å²) >= 11 is 5.79. The smallest absolute Gasteiger partial charge is 0.162 e. The molecule has 1 N–H and O–H groups in total. The number of carbonyl (C=O) groups excluding carboxylic acids is 2. The molecule has 2 fully saturated rings. The Kier molecular flexibility index (Phi) is 3.33. The van der Waals surface area contributed by atoms with Gasteiger partial charge in [0.15, 0.2) is 5.78 Å². The van der Waals surface area contributed by atoms with Crippen LogP contribution in [-0.2, 0) is 9.59 Å². The van der Waals surface area contributed by atoms with Crippen LogP contribution in [-0.4, -0.2) is 28.7 Å². The Labute approximate surface area is 124 Å². The number of allylic oxidation sites excluding steroid dienone is 1. The zero-order valence-corrected chi connectivity index (χ0v) is 12.7. The summed E-state index contributed by atoms with van der Waals surface area (Å²) in [6.07, 6.45) is 1.75. The number of carbonyl (C=O) groups is 2. The van der Waals surface area contributed by atoms with Crippen LogP contribution in [0, 0.1) is 23.2 Å². The molecule has 4 heteroatoms. The third kappa shape index (κ3) is 1.69. The van der Waals surface area contributed by atoms with E-state index in [2.05, 4.69) is 6.92 Å². The van der Waals surface area contributed by atoms with Crippen LogP contribution in [0.15, 0.2) is 11.1 Å². The summed E-state index contributed by atoms with van der Waals surface area (Å²) < 4.78 is 0. The first-order chi connectivity index (χ1) is 9.41. The van der Waals surface area contributed by atoms with Crippen LogP contribution in [0.3, 0.4) is 0 Å². The fraction of sp³-hybridized carbons (Fsp3) is 0.750. The summed E-state index contributed by atoms with van der Waals surface area (Å²) in [5.74, 6) is 0.500. The maximum Gasteiger partial charge on any atom is 0.162 e. The minimum absolute atomic E-state index is 0.000902. The lowest BCUT2D eigenvalue weighted by atomic mass is 9.65. The number of ketones is 2. The van der Waals surface area contributed by atoms with Crippen LogP contribution < -0.4 is 0 Å². The zero-order valence-electron chi connectivity index (χ0n) is 12.0. The lowest BCUT2D eigenvalue weighted by Gasteiger charge is -2.39. The average molecular weight is 297 g/mol. The highest BCUT2D eigenvalue weighted by Gasteiger charge is 2.63. The molecule has 0 aromatic carbocycles. The summed E-state index contributed by atoms with van der Waals surface area (Å²) in [5.41, 5.74) is 1.53. The van der Waals surface area contributed by atoms with Gasteiger partial charge in [0.2, 0.25) is 0 Å². The van der Waals surface area contributed by atoms with E-state index in [1.165, 1.54) is 0 Å². The van der Waals surface area contributed by atoms with Gasteiger partial charge in [0.05, 0.1) is 6.10 Å². The van der Waals surface area contributed by atoms with E-state index < -0.39 is 6.10 Å². The lowest BCUT2D eigenvalue weighted by molar-refractivity contribution is -0.128. The van der Waals surface area contributed by atoms with Crippen molar-refractivity contribution in [1.29, 1.82) is 0 Å². The van der Waals surface area contributed by atoms with E-state index in [0.717, 1.165) is 11.1 Å². The van der Waals surface area contributed by atoms with E-state index >= 15 is 0 Å². The van der Waals surface area contributed by atoms with Crippen molar-refractivity contribution < 1.29 is 14.7 Å². The second kappa shape index (κ2) is 4.67. The van der Waals surface area contributed by atoms with Crippen molar-refractivity contribution in [2.45, 2.75) is 45.6 Å². The molecule has 0 heterocycles. The van der Waals surface area contributed by atoms with Crippen LogP contribution in [0.5, 0.6) is 0 Å². The van der Waals surface area contributed by atoms with Crippen LogP contribution in [0.1, 0.15) is 39.5 Å². The Balaban J connectivity index is 2.02. The predicted molar refractivity (Wildman–Crippen MR) is 76.5 cm³/mol. The van der Waals surface area contributed by atoms with Gasteiger partial charge in [-0.2, -0.15) is 0 Å². The largest absolute Gasteiger partial charge is 0.392 e. The number of Topliss-reactive ketones (excluding diaryl/α,β-unsaturated/α-hetero) is 2. The first kappa shape index (κ1) is 14.3. The quantitative estimate of drug-likeness (QED) is 0.797. The van der Waals surface area contributed by atoms with Gasteiger partial charge in [0.25, 0.3) is 0 Å². The molecule has 3 rings (SSSR count). The monoisotopic (exact) mass is 296 g/mol. The molecule has 1 unspecified atom stereocenters. The number of aliphatic hydroxyl groups excluding tert-OH is 1. The highest BCUT2D eigenvalue weighted by Crippen LogP contribution is 2.61. The molecule has 3 nitrogen and oxygen atoms in total. The third-order valence-electron chi connectivity index (χ3n) is 5.99. The molecule has 5 atom stereocenters. The number of hydrogen-bond acceptors (Lipinski definition) is 3. The summed E-state index contributed by atoms with van der Waals surface area (Å²) in [5, 5.41) is 10.8. The van der Waals surface area contributed by atoms with Gasteiger partial charge in [-0.25, -0.2) is 0 Å². The Morgan fingerprint density at radius 1 is 1.35 bits per heavy atom. The van der Waals surface area contributed by atoms with E-state index in [1.807, 2.05) is 6.92 Å². The SMILES string of the molecule is CC1=C(CCCl)C(=O)C2[C@H]1[C@@H](O)[C@@]1(C)CCC(=O)C[C@@H]21. The number of alkyl halides is 1. The first-order valence-electron chi connectivity index (χ1n) is 7.41. The van der Waals surface area contributed by atoms with E-state index in [1.54, 1.807) is 0 Å². The van der Waals surface area contributed by atoms with Crippen molar-refractivity contribution in [3.63, 3.8) is 0 Å². The van der Waals surface area contributed by atoms with Crippen LogP contribution in [0.2, 0.25) is 0 Å². The van der Waals surface area contributed by atoms with Gasteiger partial charge in [0.1, 0.15) is 5.78 Å². The van der Waals surface area contributed by atoms with Gasteiger partial charge in [-0.05, 0) is 36.7 Å². The van der Waals surface area contributed by atoms with Gasteiger partial charge in [-0.15, -0.1) is 11.6 Å². The Morgan fingerprint density at radius 2 is 2.05 bits per heavy atom. The number of fused-ring (bicyclic) bond motifs is 3. The van der Waals surface area contributed by atoms with Crippen LogP contribution in [0.4, 0.5) is 0 Å². The molecule has 20 heavy (non-hydrogen) atoms. The normalized spacial score (nSPS) is 44.0. The molecule has 0 bridgehead atoms. The molecular formula is C16H21ClO3. The zero-order chi connectivity index (χ0) is 14.7. The van der Waals surface area contributed by atoms with Crippen molar-refractivity contribution >= 4 is 23.2 Å². The summed E-state index contributed by atoms with van der Waals surface area (Å²) in [4.78, 5) is 24.5. The van der Waals surface area contributed by atoms with Crippen molar-refractivity contribution in [1.82, 2.24) is 0 Å². The minimum atomic E-state index is -0.512. The molecule has 2 saturated carbocycles. The van der Waals surface area contributed by atoms with Crippen molar-refractivity contribution in [3.8, 4) is 0 Å². The fourth-order valence-electron chi connectivity index (χ4n) is 4.80. The van der Waals surface area contributed by atoms with Crippen LogP contribution in [0.25, 0.3) is 0 Å². The summed E-state index contributed by atoms with van der Waals surface area (Å²) in [6, 6.07) is 0. The number of halogens is 1. The first-order valence-corrected chi connectivity index (χ1v) is 7.95. The Bertz CT molecular complexity index is 510. The molecule has 0 aliphatic heterocycles. The molecule has 0 saturated heterocycles. The second-order valence-electron chi connectivity index (χ2n) is 6.82. The molecule has 3 aliphatic rings. The lowest BCUT2D eigenvalue weighted by Crippen LogP contribution is -2.40. The van der Waals surface area contributed by atoms with E-state index in [-0.39, 0.29) is 34.7 Å². The molecular weight excluding hydrogens is 276 g/mol. The highest BCUT2D eigenvalue weighted by molar-refractivity contribution is 6.18. The number of rotatable bonds is 2. The third-order valence-corrected chi connectivity index (χ3v) is 6.18. The summed E-state index contributed by atoms with van der Waals surface area (Å²) in [7, 11) is 0. The molecule has 0 radical (unpaired) electrons. The van der Waals surface area contributed by atoms with Crippen LogP contribution >= 0.6 is 11.6 Å². The van der Waals surface area contributed by atoms with E-state index in [4.69, 9.17) is 11.6 Å². The maximum absolute atomic E-state index is 12.7. The van der Waals surface area contributed by atoms with E-state index in [0.29, 0.717) is 31.6 Å². The second-order valence-corrected chi connectivity index (χ2v) is 7.19.